The van der Waals surface area contributed by atoms with Crippen molar-refractivity contribution in [2.24, 2.45) is 0 Å². The molecule has 0 saturated carbocycles. The van der Waals surface area contributed by atoms with Crippen LogP contribution >= 0.6 is 0 Å². The Hall–Kier alpha value is -3.88. The predicted octanol–water partition coefficient (Wildman–Crippen LogP) is 3.23. The van der Waals surface area contributed by atoms with E-state index in [9.17, 15) is 19.2 Å². The molecule has 2 aliphatic heterocycles. The number of rotatable bonds is 7. The van der Waals surface area contributed by atoms with Crippen LogP contribution in [-0.2, 0) is 14.3 Å². The molecule has 0 radical (unpaired) electrons. The van der Waals surface area contributed by atoms with E-state index >= 15 is 0 Å². The molecule has 0 aromatic heterocycles. The van der Waals surface area contributed by atoms with E-state index in [0.29, 0.717) is 17.2 Å². The summed E-state index contributed by atoms with van der Waals surface area (Å²) in [6.07, 6.45) is 3.11. The number of fused-ring (bicyclic) bond motifs is 1. The number of hydrogen-bond donors (Lipinski definition) is 1. The number of carbonyl (C=O) groups is 4. The summed E-state index contributed by atoms with van der Waals surface area (Å²) in [6.45, 7) is 3.51. The van der Waals surface area contributed by atoms with Crippen LogP contribution in [0.4, 0.5) is 5.69 Å². The van der Waals surface area contributed by atoms with Crippen molar-refractivity contribution in [2.75, 3.05) is 25.1 Å². The van der Waals surface area contributed by atoms with Crippen molar-refractivity contribution in [2.45, 2.75) is 45.2 Å². The molecule has 35 heavy (non-hydrogen) atoms. The Morgan fingerprint density at radius 1 is 1.00 bits per heavy atom. The molecule has 0 aliphatic carbocycles. The van der Waals surface area contributed by atoms with Crippen molar-refractivity contribution in [3.8, 4) is 11.5 Å². The van der Waals surface area contributed by atoms with Crippen molar-refractivity contribution in [1.29, 1.82) is 0 Å². The third-order valence-electron chi connectivity index (χ3n) is 6.20. The Kier molecular flexibility index (Phi) is 7.33. The molecule has 9 heteroatoms. The van der Waals surface area contributed by atoms with E-state index < -0.39 is 18.4 Å². The van der Waals surface area contributed by atoms with E-state index in [1.54, 1.807) is 24.3 Å². The highest BCUT2D eigenvalue weighted by Gasteiger charge is 2.29. The molecule has 184 valence electrons. The number of likely N-dealkylation sites (tertiary alicyclic amines) is 1. The minimum Gasteiger partial charge on any atom is -0.484 e. The van der Waals surface area contributed by atoms with Crippen LogP contribution in [-0.4, -0.2) is 60.4 Å². The zero-order chi connectivity index (χ0) is 24.9. The summed E-state index contributed by atoms with van der Waals surface area (Å²) in [4.78, 5) is 50.7. The van der Waals surface area contributed by atoms with Crippen molar-refractivity contribution < 1.29 is 33.4 Å². The Morgan fingerprint density at radius 3 is 2.40 bits per heavy atom. The number of esters is 1. The van der Waals surface area contributed by atoms with Crippen LogP contribution in [0.15, 0.2) is 42.5 Å². The van der Waals surface area contributed by atoms with Gasteiger partial charge in [-0.05, 0) is 75.6 Å². The number of nitrogens with one attached hydrogen (secondary N) is 1. The summed E-state index contributed by atoms with van der Waals surface area (Å²) in [5, 5.41) is 2.63. The Labute approximate surface area is 203 Å². The second kappa shape index (κ2) is 10.6. The van der Waals surface area contributed by atoms with Gasteiger partial charge in [0.25, 0.3) is 11.8 Å². The zero-order valence-electron chi connectivity index (χ0n) is 19.7. The number of anilines is 1. The normalized spacial score (nSPS) is 19.1. The number of Topliss-reactive ketones (excluding diaryl/α,β-unsaturated/α-hetero) is 1. The third-order valence-corrected chi connectivity index (χ3v) is 6.20. The number of nitrogens with zero attached hydrogens (tertiary/aromatic N) is 1. The van der Waals surface area contributed by atoms with E-state index in [0.717, 1.165) is 19.3 Å². The van der Waals surface area contributed by atoms with Crippen LogP contribution < -0.4 is 14.8 Å². The molecule has 1 fully saturated rings. The summed E-state index contributed by atoms with van der Waals surface area (Å²) in [6, 6.07) is 11.2. The van der Waals surface area contributed by atoms with Crippen LogP contribution in [0.3, 0.4) is 0 Å². The molecular weight excluding hydrogens is 452 g/mol. The fourth-order valence-corrected chi connectivity index (χ4v) is 4.37. The van der Waals surface area contributed by atoms with E-state index in [1.807, 2.05) is 4.90 Å². The summed E-state index contributed by atoms with van der Waals surface area (Å²) >= 11 is 0. The number of ether oxygens (including phenoxy) is 3. The number of hydrogen-bond acceptors (Lipinski definition) is 7. The first kappa shape index (κ1) is 24.3. The largest absolute Gasteiger partial charge is 0.484 e. The van der Waals surface area contributed by atoms with Gasteiger partial charge in [0, 0.05) is 17.6 Å². The summed E-state index contributed by atoms with van der Waals surface area (Å²) in [5.74, 6) is -0.503. The Balaban J connectivity index is 1.27. The lowest BCUT2D eigenvalue weighted by atomic mass is 9.97. The van der Waals surface area contributed by atoms with Crippen molar-refractivity contribution in [3.63, 3.8) is 0 Å². The standard InChI is InChI=1S/C26H28N2O7/c1-16-4-3-5-17(2)28(16)25(31)15-33-20-9-6-18(7-10-20)26(32)35-13-22(29)19-8-11-23-21(12-19)27-24(30)14-34-23/h6-12,16-17H,3-5,13-15H2,1-2H3,(H,27,30). The summed E-state index contributed by atoms with van der Waals surface area (Å²) in [5.41, 5.74) is 0.936. The quantitative estimate of drug-likeness (QED) is 0.478. The second-order valence-corrected chi connectivity index (χ2v) is 8.79. The van der Waals surface area contributed by atoms with E-state index in [2.05, 4.69) is 19.2 Å². The van der Waals surface area contributed by atoms with Gasteiger partial charge in [-0.1, -0.05) is 0 Å². The number of piperidine rings is 1. The lowest BCUT2D eigenvalue weighted by Crippen LogP contribution is -2.49. The van der Waals surface area contributed by atoms with Gasteiger partial charge in [-0.25, -0.2) is 4.79 Å². The second-order valence-electron chi connectivity index (χ2n) is 8.79. The number of ketones is 1. The summed E-state index contributed by atoms with van der Waals surface area (Å²) < 4.78 is 16.0. The van der Waals surface area contributed by atoms with Crippen LogP contribution in [0, 0.1) is 0 Å². The average Bonchev–Trinajstić information content (AvgIpc) is 2.85. The Morgan fingerprint density at radius 2 is 1.69 bits per heavy atom. The van der Waals surface area contributed by atoms with Crippen LogP contribution in [0.2, 0.25) is 0 Å². The van der Waals surface area contributed by atoms with E-state index in [1.165, 1.54) is 18.2 Å². The first-order chi connectivity index (χ1) is 16.8. The topological polar surface area (TPSA) is 111 Å². The van der Waals surface area contributed by atoms with E-state index in [4.69, 9.17) is 14.2 Å². The fraction of sp³-hybridized carbons (Fsp3) is 0.385. The molecule has 9 nitrogen and oxygen atoms in total. The molecule has 4 rings (SSSR count). The predicted molar refractivity (Wildman–Crippen MR) is 127 cm³/mol. The highest BCUT2D eigenvalue weighted by molar-refractivity contribution is 6.02. The smallest absolute Gasteiger partial charge is 0.338 e. The van der Waals surface area contributed by atoms with Gasteiger partial charge >= 0.3 is 5.97 Å². The molecule has 2 aromatic carbocycles. The first-order valence-electron chi connectivity index (χ1n) is 11.6. The number of amides is 2. The van der Waals surface area contributed by atoms with Gasteiger partial charge in [-0.3, -0.25) is 14.4 Å². The van der Waals surface area contributed by atoms with Crippen molar-refractivity contribution in [1.82, 2.24) is 4.90 Å². The molecule has 2 aliphatic rings. The maximum Gasteiger partial charge on any atom is 0.338 e. The van der Waals surface area contributed by atoms with Gasteiger partial charge in [0.15, 0.2) is 25.6 Å². The average molecular weight is 481 g/mol. The monoisotopic (exact) mass is 480 g/mol. The lowest BCUT2D eigenvalue weighted by molar-refractivity contribution is -0.139. The molecule has 2 aromatic rings. The van der Waals surface area contributed by atoms with Gasteiger partial charge in [0.1, 0.15) is 11.5 Å². The number of carbonyl (C=O) groups excluding carboxylic acids is 4. The molecule has 0 bridgehead atoms. The first-order valence-corrected chi connectivity index (χ1v) is 11.6. The molecule has 2 unspecified atom stereocenters. The molecule has 2 atom stereocenters. The number of benzene rings is 2. The highest BCUT2D eigenvalue weighted by Crippen LogP contribution is 2.28. The van der Waals surface area contributed by atoms with Crippen molar-refractivity contribution in [3.05, 3.63) is 53.6 Å². The maximum absolute atomic E-state index is 12.6. The van der Waals surface area contributed by atoms with Gasteiger partial charge in [-0.15, -0.1) is 0 Å². The van der Waals surface area contributed by atoms with Crippen molar-refractivity contribution >= 4 is 29.3 Å². The minimum atomic E-state index is -0.661. The van der Waals surface area contributed by atoms with Gasteiger partial charge in [-0.2, -0.15) is 0 Å². The van der Waals surface area contributed by atoms with Crippen LogP contribution in [0.5, 0.6) is 11.5 Å². The van der Waals surface area contributed by atoms with Gasteiger partial charge < -0.3 is 24.4 Å². The van der Waals surface area contributed by atoms with Crippen LogP contribution in [0.1, 0.15) is 53.8 Å². The highest BCUT2D eigenvalue weighted by atomic mass is 16.5. The minimum absolute atomic E-state index is 0.0556. The molecule has 0 spiro atoms. The molecule has 2 amide bonds. The maximum atomic E-state index is 12.6. The van der Waals surface area contributed by atoms with Gasteiger partial charge in [0.2, 0.25) is 0 Å². The summed E-state index contributed by atoms with van der Waals surface area (Å²) in [7, 11) is 0. The fourth-order valence-electron chi connectivity index (χ4n) is 4.37. The Bertz CT molecular complexity index is 1120. The molecule has 1 saturated heterocycles. The van der Waals surface area contributed by atoms with Gasteiger partial charge in [0.05, 0.1) is 11.3 Å². The van der Waals surface area contributed by atoms with E-state index in [-0.39, 0.29) is 48.2 Å². The SMILES string of the molecule is CC1CCCC(C)N1C(=O)COc1ccc(C(=O)OCC(=O)c2ccc3c(c2)NC(=O)CO3)cc1. The van der Waals surface area contributed by atoms with Crippen LogP contribution in [0.25, 0.3) is 0 Å². The lowest BCUT2D eigenvalue weighted by Gasteiger charge is -2.38. The molecule has 2 heterocycles. The third kappa shape index (κ3) is 5.79. The molecule has 1 N–H and O–H groups in total. The zero-order valence-corrected chi connectivity index (χ0v) is 19.7. The molecular formula is C26H28N2O7.